The molecule has 170 valence electrons. The monoisotopic (exact) mass is 465 g/mol. The molecule has 2 heterocycles. The Bertz CT molecular complexity index is 1010. The number of nitrogens with zero attached hydrogens (tertiary/aromatic N) is 2. The summed E-state index contributed by atoms with van der Waals surface area (Å²) in [6.45, 7) is 0.653. The van der Waals surface area contributed by atoms with E-state index < -0.39 is 22.6 Å². The van der Waals surface area contributed by atoms with Crippen LogP contribution in [0.3, 0.4) is 0 Å². The minimum absolute atomic E-state index is 0.00262. The number of rotatable bonds is 3. The van der Waals surface area contributed by atoms with Gasteiger partial charge in [0.2, 0.25) is 5.91 Å². The Morgan fingerprint density at radius 1 is 1.09 bits per heavy atom. The summed E-state index contributed by atoms with van der Waals surface area (Å²) in [5, 5.41) is 2.40. The van der Waals surface area contributed by atoms with Crippen LogP contribution in [0.25, 0.3) is 0 Å². The van der Waals surface area contributed by atoms with E-state index in [9.17, 15) is 22.8 Å². The summed E-state index contributed by atoms with van der Waals surface area (Å²) in [7, 11) is 1.57. The maximum atomic E-state index is 13.2. The minimum Gasteiger partial charge on any atom is -0.497 e. The number of ether oxygens (including phenoxy) is 1. The quantitative estimate of drug-likeness (QED) is 0.706. The van der Waals surface area contributed by atoms with Crippen molar-refractivity contribution in [3.05, 3.63) is 54.1 Å². The second-order valence-corrected chi connectivity index (χ2v) is 8.96. The van der Waals surface area contributed by atoms with E-state index in [1.807, 2.05) is 12.1 Å². The number of halogens is 3. The largest absolute Gasteiger partial charge is 0.497 e. The van der Waals surface area contributed by atoms with Gasteiger partial charge in [-0.1, -0.05) is 12.1 Å². The topological polar surface area (TPSA) is 61.9 Å². The molecule has 2 aromatic carbocycles. The average molecular weight is 465 g/mol. The molecule has 2 aliphatic rings. The van der Waals surface area contributed by atoms with Crippen LogP contribution < -0.4 is 15.0 Å². The van der Waals surface area contributed by atoms with E-state index in [1.165, 1.54) is 23.1 Å². The minimum atomic E-state index is -4.56. The normalized spacial score (nSPS) is 18.2. The summed E-state index contributed by atoms with van der Waals surface area (Å²) >= 11 is 1.55. The van der Waals surface area contributed by atoms with Gasteiger partial charge in [-0.15, -0.1) is 11.8 Å². The van der Waals surface area contributed by atoms with Crippen LogP contribution in [0.1, 0.15) is 18.4 Å². The number of nitrogens with one attached hydrogen (secondary N) is 1. The first-order valence-electron chi connectivity index (χ1n) is 10.1. The molecule has 0 atom stereocenters. The maximum absolute atomic E-state index is 13.2. The number of carbonyl (C=O) groups excluding carboxylic acids is 2. The summed E-state index contributed by atoms with van der Waals surface area (Å²) in [5.74, 6) is 1.03. The van der Waals surface area contributed by atoms with Gasteiger partial charge in [-0.3, -0.25) is 9.69 Å². The fourth-order valence-electron chi connectivity index (χ4n) is 4.12. The Balaban J connectivity index is 1.46. The van der Waals surface area contributed by atoms with Gasteiger partial charge in [0, 0.05) is 18.8 Å². The first-order valence-corrected chi connectivity index (χ1v) is 11.1. The van der Waals surface area contributed by atoms with Crippen molar-refractivity contribution in [3.63, 3.8) is 0 Å². The molecule has 1 spiro atoms. The molecule has 0 unspecified atom stereocenters. The van der Waals surface area contributed by atoms with Gasteiger partial charge < -0.3 is 15.0 Å². The van der Waals surface area contributed by atoms with E-state index in [-0.39, 0.29) is 11.6 Å². The van der Waals surface area contributed by atoms with Crippen molar-refractivity contribution in [1.29, 1.82) is 0 Å². The van der Waals surface area contributed by atoms with E-state index in [0.717, 1.165) is 11.8 Å². The highest BCUT2D eigenvalue weighted by molar-refractivity contribution is 8.02. The maximum Gasteiger partial charge on any atom is 0.418 e. The number of hydrogen-bond donors (Lipinski definition) is 1. The summed E-state index contributed by atoms with van der Waals surface area (Å²) in [6, 6.07) is 11.6. The van der Waals surface area contributed by atoms with Crippen LogP contribution >= 0.6 is 11.8 Å². The average Bonchev–Trinajstić information content (AvgIpc) is 3.09. The Hall–Kier alpha value is -2.88. The van der Waals surface area contributed by atoms with Crippen molar-refractivity contribution in [1.82, 2.24) is 4.90 Å². The van der Waals surface area contributed by atoms with Crippen molar-refractivity contribution in [2.24, 2.45) is 0 Å². The van der Waals surface area contributed by atoms with Crippen molar-refractivity contribution in [2.45, 2.75) is 23.9 Å². The van der Waals surface area contributed by atoms with Crippen LogP contribution in [-0.2, 0) is 11.0 Å². The summed E-state index contributed by atoms with van der Waals surface area (Å²) in [6.07, 6.45) is -3.52. The second-order valence-electron chi connectivity index (χ2n) is 7.62. The van der Waals surface area contributed by atoms with Gasteiger partial charge in [-0.05, 0) is 49.2 Å². The number of piperidine rings is 1. The van der Waals surface area contributed by atoms with Gasteiger partial charge in [-0.2, -0.15) is 13.2 Å². The van der Waals surface area contributed by atoms with Gasteiger partial charge in [-0.25, -0.2) is 4.79 Å². The van der Waals surface area contributed by atoms with Crippen molar-refractivity contribution in [3.8, 4) is 5.75 Å². The predicted octanol–water partition coefficient (Wildman–Crippen LogP) is 4.82. The summed E-state index contributed by atoms with van der Waals surface area (Å²) in [4.78, 5) is 28.1. The van der Waals surface area contributed by atoms with E-state index in [1.54, 1.807) is 35.9 Å². The fraction of sp³-hybridized carbons (Fsp3) is 0.364. The highest BCUT2D eigenvalue weighted by atomic mass is 32.2. The first-order chi connectivity index (χ1) is 15.2. The van der Waals surface area contributed by atoms with E-state index >= 15 is 0 Å². The molecule has 2 fully saturated rings. The Labute approximate surface area is 187 Å². The smallest absolute Gasteiger partial charge is 0.418 e. The van der Waals surface area contributed by atoms with Crippen molar-refractivity contribution in [2.75, 3.05) is 36.2 Å². The molecular weight excluding hydrogens is 443 g/mol. The summed E-state index contributed by atoms with van der Waals surface area (Å²) < 4.78 is 44.8. The van der Waals surface area contributed by atoms with Crippen LogP contribution in [0, 0.1) is 0 Å². The molecule has 2 saturated heterocycles. The first kappa shape index (κ1) is 22.3. The Morgan fingerprint density at radius 3 is 2.38 bits per heavy atom. The van der Waals surface area contributed by atoms with Crippen LogP contribution in [0.4, 0.5) is 29.3 Å². The van der Waals surface area contributed by atoms with E-state index in [2.05, 4.69) is 5.32 Å². The number of urea groups is 1. The number of hydrogen-bond acceptors (Lipinski definition) is 4. The highest BCUT2D eigenvalue weighted by Crippen LogP contribution is 2.47. The number of thioether (sulfide) groups is 1. The van der Waals surface area contributed by atoms with Gasteiger partial charge >= 0.3 is 12.2 Å². The molecule has 1 N–H and O–H groups in total. The van der Waals surface area contributed by atoms with Crippen molar-refractivity contribution < 1.29 is 27.5 Å². The third-order valence-corrected chi connectivity index (χ3v) is 7.28. The zero-order valence-electron chi connectivity index (χ0n) is 17.3. The molecule has 6 nitrogen and oxygen atoms in total. The van der Waals surface area contributed by atoms with Crippen LogP contribution in [-0.4, -0.2) is 47.7 Å². The zero-order chi connectivity index (χ0) is 22.9. The molecule has 0 radical (unpaired) electrons. The standard InChI is InChI=1S/C22H22F3N3O3S/c1-31-16-8-6-15(7-9-16)28-19(29)14-32-21(28)10-12-27(13-11-21)20(30)26-18-5-3-2-4-17(18)22(23,24)25/h2-9H,10-14H2,1H3,(H,26,30). The zero-order valence-corrected chi connectivity index (χ0v) is 18.1. The molecule has 2 aliphatic heterocycles. The molecule has 32 heavy (non-hydrogen) atoms. The lowest BCUT2D eigenvalue weighted by Crippen LogP contribution is -2.53. The van der Waals surface area contributed by atoms with E-state index in [4.69, 9.17) is 4.74 Å². The molecule has 10 heteroatoms. The second kappa shape index (κ2) is 8.57. The van der Waals surface area contributed by atoms with Gasteiger partial charge in [0.15, 0.2) is 0 Å². The number of anilines is 2. The number of methoxy groups -OCH3 is 1. The molecule has 0 aliphatic carbocycles. The van der Waals surface area contributed by atoms with Crippen LogP contribution in [0.5, 0.6) is 5.75 Å². The van der Waals surface area contributed by atoms with Gasteiger partial charge in [0.05, 0.1) is 29.0 Å². The highest BCUT2D eigenvalue weighted by Gasteiger charge is 2.49. The lowest BCUT2D eigenvalue weighted by Gasteiger charge is -2.44. The molecule has 0 aromatic heterocycles. The number of benzene rings is 2. The molecule has 0 saturated carbocycles. The number of likely N-dealkylation sites (tertiary alicyclic amines) is 1. The Kier molecular flexibility index (Phi) is 5.98. The Morgan fingerprint density at radius 2 is 1.75 bits per heavy atom. The molecule has 3 amide bonds. The van der Waals surface area contributed by atoms with Gasteiger partial charge in [0.25, 0.3) is 0 Å². The number of para-hydroxylation sites is 1. The molecule has 0 bridgehead atoms. The molecular formula is C22H22F3N3O3S. The van der Waals surface area contributed by atoms with Gasteiger partial charge in [0.1, 0.15) is 5.75 Å². The van der Waals surface area contributed by atoms with Crippen LogP contribution in [0.2, 0.25) is 0 Å². The third kappa shape index (κ3) is 4.23. The lowest BCUT2D eigenvalue weighted by atomic mass is 10.0. The number of carbonyl (C=O) groups is 2. The number of amides is 3. The van der Waals surface area contributed by atoms with E-state index in [0.29, 0.717) is 37.4 Å². The SMILES string of the molecule is COc1ccc(N2C(=O)CSC23CCN(C(=O)Nc2ccccc2C(F)(F)F)CC3)cc1. The number of alkyl halides is 3. The van der Waals surface area contributed by atoms with Crippen LogP contribution in [0.15, 0.2) is 48.5 Å². The lowest BCUT2D eigenvalue weighted by molar-refractivity contribution is -0.136. The third-order valence-electron chi connectivity index (χ3n) is 5.76. The fourth-order valence-corrected chi connectivity index (χ4v) is 5.45. The summed E-state index contributed by atoms with van der Waals surface area (Å²) in [5.41, 5.74) is -0.391. The molecule has 2 aromatic rings. The predicted molar refractivity (Wildman–Crippen MR) is 117 cm³/mol. The molecule has 4 rings (SSSR count). The van der Waals surface area contributed by atoms with Crippen molar-refractivity contribution >= 4 is 35.1 Å².